The van der Waals surface area contributed by atoms with Crippen LogP contribution >= 0.6 is 0 Å². The van der Waals surface area contributed by atoms with Crippen LogP contribution in [0.25, 0.3) is 0 Å². The van der Waals surface area contributed by atoms with Crippen LogP contribution in [0.2, 0.25) is 0 Å². The highest BCUT2D eigenvalue weighted by Crippen LogP contribution is 2.29. The normalized spacial score (nSPS) is 18.8. The summed E-state index contributed by atoms with van der Waals surface area (Å²) in [5, 5.41) is 0. The first-order chi connectivity index (χ1) is 9.60. The Labute approximate surface area is 122 Å². The number of ketones is 1. The zero-order valence-corrected chi connectivity index (χ0v) is 13.2. The molecule has 0 radical (unpaired) electrons. The maximum Gasteiger partial charge on any atom is 0.306 e. The van der Waals surface area contributed by atoms with Crippen LogP contribution in [0.3, 0.4) is 0 Å². The lowest BCUT2D eigenvalue weighted by Crippen LogP contribution is -2.24. The molecule has 0 saturated carbocycles. The number of esters is 1. The molecule has 0 bridgehead atoms. The monoisotopic (exact) mass is 280 g/mol. The zero-order valence-electron chi connectivity index (χ0n) is 13.2. The lowest BCUT2D eigenvalue weighted by Gasteiger charge is -2.11. The Morgan fingerprint density at radius 2 is 1.80 bits per heavy atom. The average Bonchev–Trinajstić information content (AvgIpc) is 2.66. The van der Waals surface area contributed by atoms with Crippen LogP contribution in [0.1, 0.15) is 78.6 Å². The number of hydrogen-bond donors (Lipinski definition) is 0. The van der Waals surface area contributed by atoms with Crippen molar-refractivity contribution in [2.24, 2.45) is 0 Å². The lowest BCUT2D eigenvalue weighted by atomic mass is 10.0. The van der Waals surface area contributed by atoms with Gasteiger partial charge < -0.3 is 4.74 Å². The minimum Gasteiger partial charge on any atom is -0.454 e. The van der Waals surface area contributed by atoms with Gasteiger partial charge in [-0.15, -0.1) is 0 Å². The Morgan fingerprint density at radius 1 is 1.15 bits per heavy atom. The van der Waals surface area contributed by atoms with E-state index in [1.807, 2.05) is 6.92 Å². The molecule has 0 spiro atoms. The fourth-order valence-electron chi connectivity index (χ4n) is 2.62. The minimum atomic E-state index is -0.541. The summed E-state index contributed by atoms with van der Waals surface area (Å²) >= 11 is 0. The van der Waals surface area contributed by atoms with Crippen molar-refractivity contribution in [2.75, 3.05) is 0 Å². The Bertz CT molecular complexity index is 368. The van der Waals surface area contributed by atoms with Crippen LogP contribution in [0, 0.1) is 0 Å². The molecule has 0 aliphatic heterocycles. The summed E-state index contributed by atoms with van der Waals surface area (Å²) in [6.07, 6.45) is 7.63. The SMILES string of the molecule is CCCCCC(=O)OC1CC(C)=C(CCCCC)C1=O. The summed E-state index contributed by atoms with van der Waals surface area (Å²) in [5.74, 6) is -0.179. The number of hydrogen-bond acceptors (Lipinski definition) is 3. The van der Waals surface area contributed by atoms with Crippen molar-refractivity contribution >= 4 is 11.8 Å². The predicted molar refractivity (Wildman–Crippen MR) is 80.5 cm³/mol. The third-order valence-corrected chi connectivity index (χ3v) is 3.89. The molecule has 1 aliphatic carbocycles. The summed E-state index contributed by atoms with van der Waals surface area (Å²) in [4.78, 5) is 23.9. The number of unbranched alkanes of at least 4 members (excludes halogenated alkanes) is 4. The molecule has 0 saturated heterocycles. The minimum absolute atomic E-state index is 0.0439. The highest BCUT2D eigenvalue weighted by molar-refractivity contribution is 6.03. The van der Waals surface area contributed by atoms with E-state index in [0.29, 0.717) is 12.8 Å². The second kappa shape index (κ2) is 8.93. The predicted octanol–water partition coefficient (Wildman–Crippen LogP) is 4.35. The van der Waals surface area contributed by atoms with Crippen molar-refractivity contribution in [3.05, 3.63) is 11.1 Å². The second-order valence-electron chi connectivity index (χ2n) is 5.72. The van der Waals surface area contributed by atoms with Crippen molar-refractivity contribution in [3.8, 4) is 0 Å². The average molecular weight is 280 g/mol. The summed E-state index contributed by atoms with van der Waals surface area (Å²) in [5.41, 5.74) is 2.02. The van der Waals surface area contributed by atoms with E-state index in [1.165, 1.54) is 0 Å². The fraction of sp³-hybridized carbons (Fsp3) is 0.765. The third-order valence-electron chi connectivity index (χ3n) is 3.89. The molecular formula is C17H28O3. The van der Waals surface area contributed by atoms with E-state index < -0.39 is 6.10 Å². The molecular weight excluding hydrogens is 252 g/mol. The highest BCUT2D eigenvalue weighted by Gasteiger charge is 2.33. The molecule has 0 heterocycles. The van der Waals surface area contributed by atoms with E-state index in [2.05, 4.69) is 13.8 Å². The first-order valence-corrected chi connectivity index (χ1v) is 8.02. The number of Topliss-reactive ketones (excluding diaryl/α,β-unsaturated/α-hetero) is 1. The van der Waals surface area contributed by atoms with Gasteiger partial charge in [-0.25, -0.2) is 0 Å². The number of rotatable bonds is 9. The quantitative estimate of drug-likeness (QED) is 0.466. The second-order valence-corrected chi connectivity index (χ2v) is 5.72. The molecule has 114 valence electrons. The highest BCUT2D eigenvalue weighted by atomic mass is 16.5. The van der Waals surface area contributed by atoms with Gasteiger partial charge in [0, 0.05) is 12.8 Å². The molecule has 20 heavy (non-hydrogen) atoms. The zero-order chi connectivity index (χ0) is 15.0. The van der Waals surface area contributed by atoms with Gasteiger partial charge in [0.1, 0.15) is 0 Å². The van der Waals surface area contributed by atoms with Crippen LogP contribution in [0.5, 0.6) is 0 Å². The number of carbonyl (C=O) groups excluding carboxylic acids is 2. The summed E-state index contributed by atoms with van der Waals surface area (Å²) in [6, 6.07) is 0. The van der Waals surface area contributed by atoms with Gasteiger partial charge in [-0.05, 0) is 31.8 Å². The van der Waals surface area contributed by atoms with E-state index in [9.17, 15) is 9.59 Å². The van der Waals surface area contributed by atoms with Crippen LogP contribution in [0.15, 0.2) is 11.1 Å². The molecule has 1 atom stereocenters. The van der Waals surface area contributed by atoms with Crippen LogP contribution in [-0.2, 0) is 14.3 Å². The number of ether oxygens (including phenoxy) is 1. The van der Waals surface area contributed by atoms with Crippen LogP contribution in [-0.4, -0.2) is 17.9 Å². The van der Waals surface area contributed by atoms with Gasteiger partial charge in [-0.2, -0.15) is 0 Å². The molecule has 0 amide bonds. The van der Waals surface area contributed by atoms with Gasteiger partial charge in [-0.3, -0.25) is 9.59 Å². The first-order valence-electron chi connectivity index (χ1n) is 8.02. The molecule has 1 unspecified atom stereocenters. The van der Waals surface area contributed by atoms with Crippen molar-refractivity contribution in [1.29, 1.82) is 0 Å². The largest absolute Gasteiger partial charge is 0.454 e. The van der Waals surface area contributed by atoms with Gasteiger partial charge in [-0.1, -0.05) is 45.1 Å². The third kappa shape index (κ3) is 5.10. The van der Waals surface area contributed by atoms with Crippen molar-refractivity contribution in [3.63, 3.8) is 0 Å². The molecule has 3 nitrogen and oxygen atoms in total. The molecule has 0 N–H and O–H groups in total. The Kier molecular flexibility index (Phi) is 7.56. The summed E-state index contributed by atoms with van der Waals surface area (Å²) in [7, 11) is 0. The van der Waals surface area contributed by atoms with Gasteiger partial charge in [0.15, 0.2) is 11.9 Å². The Hall–Kier alpha value is -1.12. The summed E-state index contributed by atoms with van der Waals surface area (Å²) in [6.45, 7) is 6.24. The maximum absolute atomic E-state index is 12.2. The van der Waals surface area contributed by atoms with E-state index >= 15 is 0 Å². The van der Waals surface area contributed by atoms with Gasteiger partial charge in [0.2, 0.25) is 0 Å². The molecule has 1 aliphatic rings. The smallest absolute Gasteiger partial charge is 0.306 e. The molecule has 0 aromatic heterocycles. The molecule has 0 fully saturated rings. The van der Waals surface area contributed by atoms with E-state index in [0.717, 1.165) is 56.1 Å². The fourth-order valence-corrected chi connectivity index (χ4v) is 2.62. The molecule has 1 rings (SSSR count). The van der Waals surface area contributed by atoms with Crippen molar-refractivity contribution in [1.82, 2.24) is 0 Å². The van der Waals surface area contributed by atoms with Gasteiger partial charge >= 0.3 is 5.97 Å². The van der Waals surface area contributed by atoms with Crippen molar-refractivity contribution in [2.45, 2.75) is 84.7 Å². The van der Waals surface area contributed by atoms with E-state index in [4.69, 9.17) is 4.74 Å². The first kappa shape index (κ1) is 16.9. The standard InChI is InChI=1S/C17H28O3/c1-4-6-8-10-14-13(3)12-15(17(14)19)20-16(18)11-9-7-5-2/h15H,4-12H2,1-3H3. The Morgan fingerprint density at radius 3 is 2.45 bits per heavy atom. The Balaban J connectivity index is 2.40. The summed E-state index contributed by atoms with van der Waals surface area (Å²) < 4.78 is 5.35. The molecule has 3 heteroatoms. The maximum atomic E-state index is 12.2. The topological polar surface area (TPSA) is 43.4 Å². The van der Waals surface area contributed by atoms with Gasteiger partial charge in [0.25, 0.3) is 0 Å². The van der Waals surface area contributed by atoms with Gasteiger partial charge in [0.05, 0.1) is 0 Å². The van der Waals surface area contributed by atoms with E-state index in [1.54, 1.807) is 0 Å². The lowest BCUT2D eigenvalue weighted by molar-refractivity contribution is -0.153. The molecule has 0 aromatic rings. The number of carbonyl (C=O) groups is 2. The van der Waals surface area contributed by atoms with Crippen molar-refractivity contribution < 1.29 is 14.3 Å². The van der Waals surface area contributed by atoms with Crippen LogP contribution in [0.4, 0.5) is 0 Å². The van der Waals surface area contributed by atoms with Crippen LogP contribution < -0.4 is 0 Å². The van der Waals surface area contributed by atoms with E-state index in [-0.39, 0.29) is 11.8 Å². The molecule has 0 aromatic carbocycles.